The molecule has 4 amide bonds. The van der Waals surface area contributed by atoms with Crippen molar-refractivity contribution in [3.8, 4) is 0 Å². The molecule has 1 aromatic heterocycles. The van der Waals surface area contributed by atoms with E-state index in [-0.39, 0.29) is 41.8 Å². The number of amides is 4. The minimum absolute atomic E-state index is 0.0214. The van der Waals surface area contributed by atoms with E-state index in [2.05, 4.69) is 21.1 Å². The summed E-state index contributed by atoms with van der Waals surface area (Å²) in [5, 5.41) is 14.0. The van der Waals surface area contributed by atoms with Crippen LogP contribution >= 0.6 is 0 Å². The van der Waals surface area contributed by atoms with Crippen LogP contribution in [-0.2, 0) is 25.6 Å². The maximum absolute atomic E-state index is 13.9. The number of primary amides is 1. The number of aldehydes is 1. The number of fused-ring (bicyclic) bond motifs is 1. The average molecular weight is 576 g/mol. The van der Waals surface area contributed by atoms with Gasteiger partial charge in [0.25, 0.3) is 5.91 Å². The van der Waals surface area contributed by atoms with Gasteiger partial charge in [0.05, 0.1) is 12.0 Å². The quantitative estimate of drug-likeness (QED) is 0.226. The summed E-state index contributed by atoms with van der Waals surface area (Å²) in [4.78, 5) is 63.6. The van der Waals surface area contributed by atoms with Crippen molar-refractivity contribution in [1.82, 2.24) is 21.1 Å². The molecule has 11 nitrogen and oxygen atoms in total. The number of benzene rings is 2. The molecule has 11 heteroatoms. The summed E-state index contributed by atoms with van der Waals surface area (Å²) in [7, 11) is 0. The molecule has 0 saturated carbocycles. The highest BCUT2D eigenvalue weighted by atomic mass is 16.5. The number of aromatic nitrogens is 1. The summed E-state index contributed by atoms with van der Waals surface area (Å²) in [6.45, 7) is 4.42. The van der Waals surface area contributed by atoms with Crippen LogP contribution in [0.15, 0.2) is 53.3 Å². The largest absolute Gasteiger partial charge is 0.364 e. The molecule has 42 heavy (non-hydrogen) atoms. The fourth-order valence-corrected chi connectivity index (χ4v) is 5.49. The first-order valence-corrected chi connectivity index (χ1v) is 14.2. The minimum Gasteiger partial charge on any atom is -0.364 e. The molecule has 2 aromatic carbocycles. The lowest BCUT2D eigenvalue weighted by molar-refractivity contribution is -0.132. The van der Waals surface area contributed by atoms with E-state index < -0.39 is 35.7 Å². The predicted octanol–water partition coefficient (Wildman–Crippen LogP) is 2.38. The highest BCUT2D eigenvalue weighted by Crippen LogP contribution is 2.29. The van der Waals surface area contributed by atoms with Gasteiger partial charge in [0.1, 0.15) is 18.6 Å². The van der Waals surface area contributed by atoms with E-state index in [1.807, 2.05) is 56.3 Å². The molecule has 1 aliphatic heterocycles. The van der Waals surface area contributed by atoms with Crippen LogP contribution in [0.25, 0.3) is 10.8 Å². The lowest BCUT2D eigenvalue weighted by atomic mass is 9.88. The number of carbonyl (C=O) groups is 5. The second kappa shape index (κ2) is 13.9. The maximum Gasteiger partial charge on any atom is 0.271 e. The number of nitrogens with one attached hydrogen (secondary N) is 3. The Labute approximate surface area is 243 Å². The zero-order valence-corrected chi connectivity index (χ0v) is 23.8. The standard InChI is InChI=1S/C31H37N5O6/c1-18(2)13-26(31(41)34-22(16-37)14-21-10-6-12-33-29(21)39)35-30(40)24(25-17-42-36-27(25)28(32)38)15-20-9-5-8-19-7-3-4-11-23(19)20/h3-5,7-9,11,16-18,21-22,24,26H,6,10,12-15H2,1-2H3,(H2,32,38)(H,33,39)(H,34,41)(H,35,40)/t21-,22-,24+,26-/m0/s1. The molecule has 0 aliphatic carbocycles. The molecule has 4 rings (SSSR count). The number of carbonyl (C=O) groups excluding carboxylic acids is 5. The summed E-state index contributed by atoms with van der Waals surface area (Å²) in [5.41, 5.74) is 6.44. The lowest BCUT2D eigenvalue weighted by Crippen LogP contribution is -2.52. The molecule has 5 N–H and O–H groups in total. The molecule has 1 aliphatic rings. The van der Waals surface area contributed by atoms with Crippen molar-refractivity contribution < 1.29 is 28.5 Å². The van der Waals surface area contributed by atoms with Gasteiger partial charge in [0, 0.05) is 18.0 Å². The summed E-state index contributed by atoms with van der Waals surface area (Å²) >= 11 is 0. The monoisotopic (exact) mass is 575 g/mol. The van der Waals surface area contributed by atoms with Crippen LogP contribution in [-0.4, -0.2) is 53.7 Å². The summed E-state index contributed by atoms with van der Waals surface area (Å²) in [6, 6.07) is 11.6. The maximum atomic E-state index is 13.9. The van der Waals surface area contributed by atoms with E-state index >= 15 is 0 Å². The molecule has 0 spiro atoms. The van der Waals surface area contributed by atoms with Gasteiger partial charge in [-0.3, -0.25) is 19.2 Å². The fourth-order valence-electron chi connectivity index (χ4n) is 5.49. The van der Waals surface area contributed by atoms with Gasteiger partial charge in [-0.1, -0.05) is 61.5 Å². The number of piperidine rings is 1. The minimum atomic E-state index is -0.980. The molecule has 1 fully saturated rings. The van der Waals surface area contributed by atoms with Crippen molar-refractivity contribution in [2.45, 2.75) is 64.0 Å². The zero-order valence-electron chi connectivity index (χ0n) is 23.8. The second-order valence-corrected chi connectivity index (χ2v) is 11.2. The number of nitrogens with two attached hydrogens (primary N) is 1. The second-order valence-electron chi connectivity index (χ2n) is 11.2. The third-order valence-corrected chi connectivity index (χ3v) is 7.60. The third-order valence-electron chi connectivity index (χ3n) is 7.60. The van der Waals surface area contributed by atoms with Crippen LogP contribution < -0.4 is 21.7 Å². The molecular weight excluding hydrogens is 538 g/mol. The zero-order chi connectivity index (χ0) is 30.2. The smallest absolute Gasteiger partial charge is 0.271 e. The van der Waals surface area contributed by atoms with Gasteiger partial charge in [-0.05, 0) is 54.4 Å². The van der Waals surface area contributed by atoms with Crippen LogP contribution in [0.3, 0.4) is 0 Å². The normalized spacial score (nSPS) is 17.2. The molecule has 4 atom stereocenters. The van der Waals surface area contributed by atoms with E-state index in [4.69, 9.17) is 10.3 Å². The SMILES string of the molecule is CC(C)C[C@H](NC(=O)[C@H](Cc1cccc2ccccc12)c1conc1C(N)=O)C(=O)N[C@H](C=O)C[C@@H]1CCCNC1=O. The Bertz CT molecular complexity index is 1450. The molecule has 1 saturated heterocycles. The van der Waals surface area contributed by atoms with Crippen LogP contribution in [0.5, 0.6) is 0 Å². The van der Waals surface area contributed by atoms with Gasteiger partial charge in [-0.15, -0.1) is 0 Å². The first-order chi connectivity index (χ1) is 20.2. The first-order valence-electron chi connectivity index (χ1n) is 14.2. The molecule has 0 radical (unpaired) electrons. The van der Waals surface area contributed by atoms with Crippen molar-refractivity contribution in [3.05, 3.63) is 65.5 Å². The molecule has 222 valence electrons. The van der Waals surface area contributed by atoms with E-state index in [9.17, 15) is 24.0 Å². The lowest BCUT2D eigenvalue weighted by Gasteiger charge is -2.27. The Morgan fingerprint density at radius 1 is 1.12 bits per heavy atom. The number of nitrogens with zero attached hydrogens (tertiary/aromatic N) is 1. The summed E-state index contributed by atoms with van der Waals surface area (Å²) in [5.74, 6) is -3.35. The Morgan fingerprint density at radius 2 is 1.88 bits per heavy atom. The first kappa shape index (κ1) is 30.4. The van der Waals surface area contributed by atoms with Crippen LogP contribution in [0.4, 0.5) is 0 Å². The van der Waals surface area contributed by atoms with Gasteiger partial charge in [-0.2, -0.15) is 0 Å². The third kappa shape index (κ3) is 7.39. The number of hydrogen-bond donors (Lipinski definition) is 4. The topological polar surface area (TPSA) is 173 Å². The Hall–Kier alpha value is -4.54. The molecule has 3 aromatic rings. The van der Waals surface area contributed by atoms with Crippen LogP contribution in [0, 0.1) is 11.8 Å². The van der Waals surface area contributed by atoms with E-state index in [1.54, 1.807) is 0 Å². The number of hydrogen-bond acceptors (Lipinski definition) is 7. The van der Waals surface area contributed by atoms with Gasteiger partial charge >= 0.3 is 0 Å². The molecule has 0 bridgehead atoms. The number of rotatable bonds is 13. The summed E-state index contributed by atoms with van der Waals surface area (Å²) in [6.07, 6.45) is 3.93. The van der Waals surface area contributed by atoms with Crippen LogP contribution in [0.2, 0.25) is 0 Å². The average Bonchev–Trinajstić information content (AvgIpc) is 3.46. The van der Waals surface area contributed by atoms with Crippen molar-refractivity contribution in [3.63, 3.8) is 0 Å². The van der Waals surface area contributed by atoms with Crippen LogP contribution in [0.1, 0.15) is 67.1 Å². The van der Waals surface area contributed by atoms with Gasteiger partial charge in [0.2, 0.25) is 17.7 Å². The molecular formula is C31H37N5O6. The fraction of sp³-hybridized carbons (Fsp3) is 0.419. The highest BCUT2D eigenvalue weighted by molar-refractivity contribution is 5.97. The van der Waals surface area contributed by atoms with Crippen molar-refractivity contribution in [2.75, 3.05) is 6.54 Å². The predicted molar refractivity (Wildman–Crippen MR) is 155 cm³/mol. The van der Waals surface area contributed by atoms with Gasteiger partial charge in [-0.25, -0.2) is 0 Å². The summed E-state index contributed by atoms with van der Waals surface area (Å²) < 4.78 is 5.05. The van der Waals surface area contributed by atoms with E-state index in [0.717, 1.165) is 22.8 Å². The Morgan fingerprint density at radius 3 is 2.60 bits per heavy atom. The van der Waals surface area contributed by atoms with Crippen molar-refractivity contribution in [2.24, 2.45) is 17.6 Å². The molecule has 2 heterocycles. The Balaban J connectivity index is 1.59. The van der Waals surface area contributed by atoms with Crippen molar-refractivity contribution in [1.29, 1.82) is 0 Å². The van der Waals surface area contributed by atoms with E-state index in [1.165, 1.54) is 6.26 Å². The highest BCUT2D eigenvalue weighted by Gasteiger charge is 2.33. The molecule has 0 unspecified atom stereocenters. The van der Waals surface area contributed by atoms with E-state index in [0.29, 0.717) is 25.7 Å². The van der Waals surface area contributed by atoms with Crippen molar-refractivity contribution >= 4 is 40.7 Å². The van der Waals surface area contributed by atoms with Gasteiger partial charge < -0.3 is 31.0 Å². The van der Waals surface area contributed by atoms with Gasteiger partial charge in [0.15, 0.2) is 5.69 Å². The Kier molecular flexibility index (Phi) is 10.1.